The summed E-state index contributed by atoms with van der Waals surface area (Å²) in [5, 5.41) is 9.77. The van der Waals surface area contributed by atoms with Crippen LogP contribution in [-0.2, 0) is 24.2 Å². The molecule has 0 aliphatic heterocycles. The molecule has 0 saturated carbocycles. The van der Waals surface area contributed by atoms with Crippen molar-refractivity contribution in [1.82, 2.24) is 20.3 Å². The van der Waals surface area contributed by atoms with E-state index in [0.29, 0.717) is 0 Å². The number of carbonyl (C=O) groups excluding carboxylic acids is 1. The zero-order valence-corrected chi connectivity index (χ0v) is 19.6. The maximum Gasteiger partial charge on any atom is 0.267 e. The number of fused-ring (bicyclic) bond motifs is 2. The van der Waals surface area contributed by atoms with E-state index in [0.717, 1.165) is 54.5 Å². The minimum absolute atomic E-state index is 0.233. The number of amides is 1. The molecule has 4 aromatic rings. The largest absolute Gasteiger partial charge is 0.361 e. The van der Waals surface area contributed by atoms with E-state index in [-0.39, 0.29) is 11.9 Å². The third-order valence-corrected chi connectivity index (χ3v) is 6.85. The summed E-state index contributed by atoms with van der Waals surface area (Å²) in [7, 11) is 0. The van der Waals surface area contributed by atoms with Gasteiger partial charge in [0.05, 0.1) is 0 Å². The van der Waals surface area contributed by atoms with Gasteiger partial charge in [0.15, 0.2) is 0 Å². The lowest BCUT2D eigenvalue weighted by atomic mass is 10.0. The molecule has 0 radical (unpaired) electrons. The number of aromatic nitrogens is 2. The molecule has 180 valence electrons. The first-order valence-electron chi connectivity index (χ1n) is 11.9. The summed E-state index contributed by atoms with van der Waals surface area (Å²) in [6, 6.07) is 15.8. The maximum absolute atomic E-state index is 13.6. The van der Waals surface area contributed by atoms with Gasteiger partial charge in [-0.05, 0) is 84.8 Å². The first-order valence-corrected chi connectivity index (χ1v) is 11.9. The Morgan fingerprint density at radius 2 is 2.11 bits per heavy atom. The quantitative estimate of drug-likeness (QED) is 0.162. The molecule has 5 rings (SSSR count). The van der Waals surface area contributed by atoms with E-state index in [1.165, 1.54) is 34.5 Å². The van der Waals surface area contributed by atoms with Crippen LogP contribution in [0.4, 0.5) is 4.39 Å². The number of hydroxylamine groups is 1. The van der Waals surface area contributed by atoms with Crippen molar-refractivity contribution < 1.29 is 14.4 Å². The van der Waals surface area contributed by atoms with Gasteiger partial charge in [-0.2, -0.15) is 0 Å². The molecule has 1 unspecified atom stereocenters. The second-order valence-corrected chi connectivity index (χ2v) is 9.21. The standard InChI is InChI=1S/C28H29FN4O2/c1-18-2-7-23(31-18)17-33(13-12-21-16-30-26-15-22(29)6-9-24(21)26)27-10-5-20-14-19(3-8-25(20)27)4-11-28(34)32-35/h2-4,6-9,11,14-16,27,30-31,35H,5,10,12-13,17H2,1H3,(H,32,34). The fourth-order valence-electron chi connectivity index (χ4n) is 5.15. The Kier molecular flexibility index (Phi) is 6.53. The fraction of sp³-hybridized carbons (Fsp3) is 0.250. The van der Waals surface area contributed by atoms with Crippen LogP contribution in [0.25, 0.3) is 17.0 Å². The molecule has 1 aliphatic carbocycles. The highest BCUT2D eigenvalue weighted by atomic mass is 19.1. The van der Waals surface area contributed by atoms with Crippen molar-refractivity contribution in [2.24, 2.45) is 0 Å². The number of hydrogen-bond donors (Lipinski definition) is 4. The van der Waals surface area contributed by atoms with Gasteiger partial charge in [-0.1, -0.05) is 18.2 Å². The minimum Gasteiger partial charge on any atom is -0.361 e. The van der Waals surface area contributed by atoms with Crippen LogP contribution in [0.5, 0.6) is 0 Å². The van der Waals surface area contributed by atoms with Crippen LogP contribution in [0, 0.1) is 12.7 Å². The average molecular weight is 473 g/mol. The number of hydrogen-bond acceptors (Lipinski definition) is 3. The van der Waals surface area contributed by atoms with Gasteiger partial charge in [0.25, 0.3) is 5.91 Å². The Morgan fingerprint density at radius 3 is 2.91 bits per heavy atom. The van der Waals surface area contributed by atoms with Gasteiger partial charge in [-0.25, -0.2) is 9.87 Å². The van der Waals surface area contributed by atoms with Crippen LogP contribution in [0.3, 0.4) is 0 Å². The third-order valence-electron chi connectivity index (χ3n) is 6.85. The molecule has 2 aromatic carbocycles. The van der Waals surface area contributed by atoms with Gasteiger partial charge in [-0.15, -0.1) is 0 Å². The lowest BCUT2D eigenvalue weighted by Crippen LogP contribution is -2.29. The van der Waals surface area contributed by atoms with E-state index >= 15 is 0 Å². The molecule has 0 fully saturated rings. The average Bonchev–Trinajstić information content (AvgIpc) is 3.58. The Morgan fingerprint density at radius 1 is 1.23 bits per heavy atom. The lowest BCUT2D eigenvalue weighted by Gasteiger charge is -2.29. The number of halogens is 1. The van der Waals surface area contributed by atoms with Gasteiger partial charge >= 0.3 is 0 Å². The SMILES string of the molecule is Cc1ccc(CN(CCc2c[nH]c3cc(F)ccc23)C2CCc3cc(C=CC(=O)NO)ccc32)[nH]1. The molecule has 1 aliphatic rings. The molecule has 35 heavy (non-hydrogen) atoms. The molecule has 0 bridgehead atoms. The number of rotatable bonds is 8. The maximum atomic E-state index is 13.6. The number of aryl methyl sites for hydroxylation is 2. The van der Waals surface area contributed by atoms with Gasteiger partial charge in [0.1, 0.15) is 5.82 Å². The van der Waals surface area contributed by atoms with Crippen molar-refractivity contribution >= 4 is 22.9 Å². The molecule has 1 atom stereocenters. The van der Waals surface area contributed by atoms with Crippen LogP contribution in [0.1, 0.15) is 46.1 Å². The second kappa shape index (κ2) is 9.90. The van der Waals surface area contributed by atoms with Crippen LogP contribution in [0.2, 0.25) is 0 Å². The van der Waals surface area contributed by atoms with E-state index in [1.54, 1.807) is 17.6 Å². The molecule has 1 amide bonds. The van der Waals surface area contributed by atoms with Gasteiger partial charge in [0.2, 0.25) is 0 Å². The second-order valence-electron chi connectivity index (χ2n) is 9.21. The highest BCUT2D eigenvalue weighted by Gasteiger charge is 2.28. The van der Waals surface area contributed by atoms with Crippen molar-refractivity contribution in [2.75, 3.05) is 6.54 Å². The summed E-state index contributed by atoms with van der Waals surface area (Å²) in [5.74, 6) is -0.779. The van der Waals surface area contributed by atoms with Crippen LogP contribution in [0.15, 0.2) is 60.8 Å². The highest BCUT2D eigenvalue weighted by molar-refractivity contribution is 5.90. The number of aromatic amines is 2. The first-order chi connectivity index (χ1) is 17.0. The van der Waals surface area contributed by atoms with Crippen molar-refractivity contribution in [3.8, 4) is 0 Å². The fourth-order valence-corrected chi connectivity index (χ4v) is 5.15. The Balaban J connectivity index is 1.38. The molecule has 6 nitrogen and oxygen atoms in total. The van der Waals surface area contributed by atoms with Gasteiger partial charge < -0.3 is 9.97 Å². The van der Waals surface area contributed by atoms with Crippen molar-refractivity contribution in [3.63, 3.8) is 0 Å². The topological polar surface area (TPSA) is 84.2 Å². The Bertz CT molecular complexity index is 1390. The number of nitrogens with zero attached hydrogens (tertiary/aromatic N) is 1. The summed E-state index contributed by atoms with van der Waals surface area (Å²) in [4.78, 5) is 20.5. The molecule has 4 N–H and O–H groups in total. The summed E-state index contributed by atoms with van der Waals surface area (Å²) in [6.45, 7) is 3.74. The number of benzene rings is 2. The van der Waals surface area contributed by atoms with Gasteiger partial charge in [0, 0.05) is 53.7 Å². The van der Waals surface area contributed by atoms with E-state index in [2.05, 4.69) is 46.1 Å². The third kappa shape index (κ3) is 5.06. The smallest absolute Gasteiger partial charge is 0.267 e. The summed E-state index contributed by atoms with van der Waals surface area (Å²) < 4.78 is 13.6. The summed E-state index contributed by atoms with van der Waals surface area (Å²) in [5.41, 5.74) is 9.51. The summed E-state index contributed by atoms with van der Waals surface area (Å²) in [6.07, 6.45) is 7.87. The van der Waals surface area contributed by atoms with Crippen LogP contribution < -0.4 is 5.48 Å². The van der Waals surface area contributed by atoms with Crippen LogP contribution >= 0.6 is 0 Å². The number of H-pyrrole nitrogens is 2. The number of nitrogens with one attached hydrogen (secondary N) is 3. The first kappa shape index (κ1) is 23.1. The molecule has 2 heterocycles. The normalized spacial score (nSPS) is 15.4. The number of carbonyl (C=O) groups is 1. The predicted octanol–water partition coefficient (Wildman–Crippen LogP) is 5.19. The molecular weight excluding hydrogens is 443 g/mol. The lowest BCUT2D eigenvalue weighted by molar-refractivity contribution is -0.124. The minimum atomic E-state index is -0.546. The van der Waals surface area contributed by atoms with E-state index < -0.39 is 5.91 Å². The van der Waals surface area contributed by atoms with E-state index in [1.807, 2.05) is 18.3 Å². The predicted molar refractivity (Wildman–Crippen MR) is 134 cm³/mol. The monoisotopic (exact) mass is 472 g/mol. The molecule has 2 aromatic heterocycles. The van der Waals surface area contributed by atoms with Crippen LogP contribution in [-0.4, -0.2) is 32.5 Å². The molecule has 0 saturated heterocycles. The molecule has 7 heteroatoms. The Labute approximate surface area is 203 Å². The summed E-state index contributed by atoms with van der Waals surface area (Å²) >= 11 is 0. The zero-order valence-electron chi connectivity index (χ0n) is 19.6. The van der Waals surface area contributed by atoms with E-state index in [4.69, 9.17) is 5.21 Å². The van der Waals surface area contributed by atoms with E-state index in [9.17, 15) is 9.18 Å². The highest BCUT2D eigenvalue weighted by Crippen LogP contribution is 2.37. The Hall–Kier alpha value is -3.68. The van der Waals surface area contributed by atoms with Crippen molar-refractivity contribution in [2.45, 2.75) is 38.8 Å². The van der Waals surface area contributed by atoms with Crippen molar-refractivity contribution in [1.29, 1.82) is 0 Å². The molecule has 0 spiro atoms. The zero-order chi connectivity index (χ0) is 24.4. The molecular formula is C28H29FN4O2. The van der Waals surface area contributed by atoms with Gasteiger partial charge in [-0.3, -0.25) is 14.9 Å². The van der Waals surface area contributed by atoms with Crippen molar-refractivity contribution in [3.05, 3.63) is 100 Å².